The molecule has 2 heterocycles. The first-order chi connectivity index (χ1) is 14.3. The average Bonchev–Trinajstić information content (AvgIpc) is 3.16. The number of aromatic nitrogens is 1. The number of carbonyl (C=O) groups is 1. The van der Waals surface area contributed by atoms with E-state index in [1.54, 1.807) is 6.07 Å². The molecule has 6 nitrogen and oxygen atoms in total. The number of sulfonamides is 1. The van der Waals surface area contributed by atoms with Crippen molar-refractivity contribution in [1.82, 2.24) is 9.29 Å². The van der Waals surface area contributed by atoms with Crippen LogP contribution in [-0.4, -0.2) is 36.7 Å². The molecule has 1 amide bonds. The van der Waals surface area contributed by atoms with Crippen LogP contribution in [-0.2, 0) is 14.8 Å². The van der Waals surface area contributed by atoms with Crippen LogP contribution in [0.1, 0.15) is 18.4 Å². The van der Waals surface area contributed by atoms with Crippen LogP contribution in [0.2, 0.25) is 5.02 Å². The number of carbonyl (C=O) groups excluding carboxylic acids is 1. The summed E-state index contributed by atoms with van der Waals surface area (Å²) in [4.78, 5) is 17.2. The standard InChI is InChI=1S/C20H19ClFN3O3S2/c1-12-2-7-16(21)18-17(12)23-20(29-18)24-19(26)13-8-10-25(11-9-13)30(27,28)15-5-3-14(22)4-6-15/h2-7,13H,8-11H2,1H3,(H,23,24,26). The molecule has 0 spiro atoms. The SMILES string of the molecule is Cc1ccc(Cl)c2sc(NC(=O)C3CCN(S(=O)(=O)c4ccc(F)cc4)CC3)nc12. The molecular weight excluding hydrogens is 449 g/mol. The average molecular weight is 468 g/mol. The summed E-state index contributed by atoms with van der Waals surface area (Å²) in [6.45, 7) is 2.38. The van der Waals surface area contributed by atoms with Crippen LogP contribution in [0.3, 0.4) is 0 Å². The van der Waals surface area contributed by atoms with Crippen LogP contribution in [0.15, 0.2) is 41.3 Å². The first kappa shape index (κ1) is 21.2. The van der Waals surface area contributed by atoms with Crippen molar-refractivity contribution < 1.29 is 17.6 Å². The number of thiazole rings is 1. The number of anilines is 1. The second kappa shape index (κ2) is 8.22. The van der Waals surface area contributed by atoms with Crippen LogP contribution >= 0.6 is 22.9 Å². The van der Waals surface area contributed by atoms with Gasteiger partial charge in [-0.25, -0.2) is 17.8 Å². The van der Waals surface area contributed by atoms with Crippen molar-refractivity contribution in [3.8, 4) is 0 Å². The van der Waals surface area contributed by atoms with E-state index in [0.717, 1.165) is 27.9 Å². The maximum absolute atomic E-state index is 13.1. The molecule has 1 saturated heterocycles. The van der Waals surface area contributed by atoms with E-state index in [1.165, 1.54) is 27.8 Å². The zero-order valence-corrected chi connectivity index (χ0v) is 18.5. The van der Waals surface area contributed by atoms with Crippen molar-refractivity contribution in [2.75, 3.05) is 18.4 Å². The maximum atomic E-state index is 13.1. The summed E-state index contributed by atoms with van der Waals surface area (Å²) in [6, 6.07) is 8.44. The lowest BCUT2D eigenvalue weighted by Crippen LogP contribution is -2.41. The summed E-state index contributed by atoms with van der Waals surface area (Å²) >= 11 is 7.54. The molecule has 3 aromatic rings. The molecule has 10 heteroatoms. The molecule has 30 heavy (non-hydrogen) atoms. The fourth-order valence-corrected chi connectivity index (χ4v) is 6.17. The number of fused-ring (bicyclic) bond motifs is 1. The maximum Gasteiger partial charge on any atom is 0.243 e. The van der Waals surface area contributed by atoms with Gasteiger partial charge in [-0.05, 0) is 55.7 Å². The van der Waals surface area contributed by atoms with Gasteiger partial charge in [-0.15, -0.1) is 0 Å². The highest BCUT2D eigenvalue weighted by atomic mass is 35.5. The summed E-state index contributed by atoms with van der Waals surface area (Å²) < 4.78 is 40.7. The van der Waals surface area contributed by atoms with Gasteiger partial charge >= 0.3 is 0 Å². The number of nitrogens with zero attached hydrogens (tertiary/aromatic N) is 2. The molecule has 1 aliphatic heterocycles. The number of amides is 1. The highest BCUT2D eigenvalue weighted by molar-refractivity contribution is 7.89. The topological polar surface area (TPSA) is 79.4 Å². The first-order valence-corrected chi connectivity index (χ1v) is 12.0. The molecule has 0 bridgehead atoms. The van der Waals surface area contributed by atoms with Gasteiger partial charge in [0.15, 0.2) is 5.13 Å². The Hall–Kier alpha value is -2.07. The van der Waals surface area contributed by atoms with Gasteiger partial charge < -0.3 is 5.32 Å². The minimum atomic E-state index is -3.70. The van der Waals surface area contributed by atoms with Gasteiger partial charge in [0.2, 0.25) is 15.9 Å². The number of hydrogen-bond donors (Lipinski definition) is 1. The number of benzene rings is 2. The number of hydrogen-bond acceptors (Lipinski definition) is 5. The highest BCUT2D eigenvalue weighted by Gasteiger charge is 2.32. The second-order valence-corrected chi connectivity index (χ2v) is 10.5. The van der Waals surface area contributed by atoms with Crippen molar-refractivity contribution in [3.63, 3.8) is 0 Å². The molecule has 0 saturated carbocycles. The summed E-state index contributed by atoms with van der Waals surface area (Å²) in [5, 5.41) is 3.92. The van der Waals surface area contributed by atoms with Crippen molar-refractivity contribution in [2.24, 2.45) is 5.92 Å². The van der Waals surface area contributed by atoms with E-state index in [2.05, 4.69) is 10.3 Å². The van der Waals surface area contributed by atoms with Crippen molar-refractivity contribution in [2.45, 2.75) is 24.7 Å². The van der Waals surface area contributed by atoms with E-state index in [1.807, 2.05) is 13.0 Å². The Kier molecular flexibility index (Phi) is 5.80. The number of nitrogens with one attached hydrogen (secondary N) is 1. The third-order valence-electron chi connectivity index (χ3n) is 5.20. The molecule has 0 atom stereocenters. The molecule has 0 unspecified atom stereocenters. The van der Waals surface area contributed by atoms with Crippen LogP contribution < -0.4 is 5.32 Å². The van der Waals surface area contributed by atoms with Gasteiger partial charge in [-0.1, -0.05) is 29.0 Å². The lowest BCUT2D eigenvalue weighted by atomic mass is 9.97. The summed E-state index contributed by atoms with van der Waals surface area (Å²) in [5.41, 5.74) is 1.74. The van der Waals surface area contributed by atoms with Crippen molar-refractivity contribution >= 4 is 54.2 Å². The normalized spacial score (nSPS) is 16.1. The van der Waals surface area contributed by atoms with Crippen LogP contribution in [0, 0.1) is 18.7 Å². The molecule has 1 N–H and O–H groups in total. The molecular formula is C20H19ClFN3O3S2. The lowest BCUT2D eigenvalue weighted by Gasteiger charge is -2.30. The number of rotatable bonds is 4. The van der Waals surface area contributed by atoms with Gasteiger partial charge in [0.25, 0.3) is 0 Å². The Morgan fingerprint density at radius 3 is 2.50 bits per heavy atom. The van der Waals surface area contributed by atoms with Gasteiger partial charge in [0, 0.05) is 19.0 Å². The Morgan fingerprint density at radius 2 is 1.87 bits per heavy atom. The molecule has 0 radical (unpaired) electrons. The van der Waals surface area contributed by atoms with E-state index in [4.69, 9.17) is 11.6 Å². The first-order valence-electron chi connectivity index (χ1n) is 9.38. The molecule has 1 fully saturated rings. The monoisotopic (exact) mass is 467 g/mol. The number of piperidine rings is 1. The third-order valence-corrected chi connectivity index (χ3v) is 8.55. The Balaban J connectivity index is 1.42. The van der Waals surface area contributed by atoms with Gasteiger partial charge in [-0.3, -0.25) is 4.79 Å². The summed E-state index contributed by atoms with van der Waals surface area (Å²) in [5.74, 6) is -0.981. The quantitative estimate of drug-likeness (QED) is 0.615. The van der Waals surface area contributed by atoms with Crippen LogP contribution in [0.25, 0.3) is 10.2 Å². The molecule has 2 aromatic carbocycles. The van der Waals surface area contributed by atoms with Gasteiger partial charge in [0.1, 0.15) is 5.82 Å². The van der Waals surface area contributed by atoms with E-state index >= 15 is 0 Å². The Labute approximate surface area is 182 Å². The smallest absolute Gasteiger partial charge is 0.243 e. The fourth-order valence-electron chi connectivity index (χ4n) is 3.48. The minimum Gasteiger partial charge on any atom is -0.302 e. The molecule has 158 valence electrons. The number of aryl methyl sites for hydroxylation is 1. The van der Waals surface area contributed by atoms with Gasteiger partial charge in [0.05, 0.1) is 20.1 Å². The van der Waals surface area contributed by atoms with E-state index in [-0.39, 0.29) is 29.8 Å². The van der Waals surface area contributed by atoms with E-state index < -0.39 is 15.8 Å². The van der Waals surface area contributed by atoms with E-state index in [9.17, 15) is 17.6 Å². The summed E-state index contributed by atoms with van der Waals surface area (Å²) in [6.07, 6.45) is 0.799. The molecule has 1 aromatic heterocycles. The predicted molar refractivity (Wildman–Crippen MR) is 116 cm³/mol. The van der Waals surface area contributed by atoms with Crippen LogP contribution in [0.4, 0.5) is 9.52 Å². The fraction of sp³-hybridized carbons (Fsp3) is 0.300. The minimum absolute atomic E-state index is 0.0496. The summed E-state index contributed by atoms with van der Waals surface area (Å²) in [7, 11) is -3.70. The van der Waals surface area contributed by atoms with Crippen LogP contribution in [0.5, 0.6) is 0 Å². The van der Waals surface area contributed by atoms with Gasteiger partial charge in [-0.2, -0.15) is 4.31 Å². The third kappa shape index (κ3) is 4.07. The van der Waals surface area contributed by atoms with Crippen molar-refractivity contribution in [1.29, 1.82) is 0 Å². The Bertz CT molecular complexity index is 1170. The van der Waals surface area contributed by atoms with Crippen molar-refractivity contribution in [3.05, 3.63) is 52.8 Å². The molecule has 0 aliphatic carbocycles. The lowest BCUT2D eigenvalue weighted by molar-refractivity contribution is -0.120. The zero-order valence-electron chi connectivity index (χ0n) is 16.1. The van der Waals surface area contributed by atoms with E-state index in [0.29, 0.717) is 23.0 Å². The Morgan fingerprint density at radius 1 is 1.20 bits per heavy atom. The molecule has 1 aliphatic rings. The second-order valence-electron chi connectivity index (χ2n) is 7.18. The molecule has 4 rings (SSSR count). The predicted octanol–water partition coefficient (Wildman–Crippen LogP) is 4.44. The number of halogens is 2. The zero-order chi connectivity index (χ0) is 21.5. The largest absolute Gasteiger partial charge is 0.302 e. The highest BCUT2D eigenvalue weighted by Crippen LogP contribution is 2.34.